The van der Waals surface area contributed by atoms with Crippen molar-refractivity contribution in [2.24, 2.45) is 0 Å². The second-order valence-electron chi connectivity index (χ2n) is 8.43. The number of piperidine rings is 1. The van der Waals surface area contributed by atoms with Crippen molar-refractivity contribution < 1.29 is 19.3 Å². The Hall–Kier alpha value is -2.28. The van der Waals surface area contributed by atoms with Crippen molar-refractivity contribution in [2.45, 2.75) is 45.5 Å². The highest BCUT2D eigenvalue weighted by Crippen LogP contribution is 2.30. The molecule has 1 saturated heterocycles. The zero-order valence-electron chi connectivity index (χ0n) is 18.7. The van der Waals surface area contributed by atoms with Gasteiger partial charge >= 0.3 is 0 Å². The van der Waals surface area contributed by atoms with Crippen molar-refractivity contribution in [3.63, 3.8) is 0 Å². The van der Waals surface area contributed by atoms with Crippen molar-refractivity contribution in [3.8, 4) is 17.2 Å². The van der Waals surface area contributed by atoms with Gasteiger partial charge in [-0.1, -0.05) is 12.1 Å². The summed E-state index contributed by atoms with van der Waals surface area (Å²) >= 11 is 0. The van der Waals surface area contributed by atoms with Crippen LogP contribution in [0.2, 0.25) is 0 Å². The molecule has 0 aromatic heterocycles. The predicted octanol–water partition coefficient (Wildman–Crippen LogP) is 3.45. The standard InChI is InChI=1S/C25H34N2O4/c1-3-30-25-15-20(5-7-24(25)29-2)17-27-12-13-31-23-6-4-19(14-21(23)18-27)16-26-10-8-22(28)9-11-26/h4-7,14-15,22,28H,3,8-13,16-18H2,1-2H3. The number of nitrogens with zero attached hydrogens (tertiary/aromatic N) is 2. The molecule has 1 N–H and O–H groups in total. The Morgan fingerprint density at radius 1 is 0.968 bits per heavy atom. The van der Waals surface area contributed by atoms with Crippen molar-refractivity contribution in [1.82, 2.24) is 9.80 Å². The van der Waals surface area contributed by atoms with E-state index in [-0.39, 0.29) is 6.10 Å². The van der Waals surface area contributed by atoms with Gasteiger partial charge in [0.1, 0.15) is 12.4 Å². The van der Waals surface area contributed by atoms with Crippen LogP contribution in [0.25, 0.3) is 0 Å². The van der Waals surface area contributed by atoms with Crippen LogP contribution in [-0.2, 0) is 19.6 Å². The molecular formula is C25H34N2O4. The first-order valence-electron chi connectivity index (χ1n) is 11.3. The van der Waals surface area contributed by atoms with Crippen LogP contribution in [-0.4, -0.2) is 61.0 Å². The molecule has 0 bridgehead atoms. The third kappa shape index (κ3) is 5.70. The molecule has 31 heavy (non-hydrogen) atoms. The first-order valence-corrected chi connectivity index (χ1v) is 11.3. The van der Waals surface area contributed by atoms with Crippen molar-refractivity contribution in [1.29, 1.82) is 0 Å². The van der Waals surface area contributed by atoms with Gasteiger partial charge in [-0.05, 0) is 55.2 Å². The van der Waals surface area contributed by atoms with Gasteiger partial charge in [0.05, 0.1) is 19.8 Å². The lowest BCUT2D eigenvalue weighted by Gasteiger charge is -2.29. The molecule has 6 heteroatoms. The summed E-state index contributed by atoms with van der Waals surface area (Å²) in [5.41, 5.74) is 3.75. The summed E-state index contributed by atoms with van der Waals surface area (Å²) in [6.45, 7) is 8.70. The summed E-state index contributed by atoms with van der Waals surface area (Å²) in [4.78, 5) is 4.85. The maximum Gasteiger partial charge on any atom is 0.161 e. The Bertz CT molecular complexity index is 865. The molecule has 0 atom stereocenters. The lowest BCUT2D eigenvalue weighted by Crippen LogP contribution is -2.35. The highest BCUT2D eigenvalue weighted by atomic mass is 16.5. The summed E-state index contributed by atoms with van der Waals surface area (Å²) in [7, 11) is 1.67. The van der Waals surface area contributed by atoms with Crippen LogP contribution in [0, 0.1) is 0 Å². The highest BCUT2D eigenvalue weighted by molar-refractivity contribution is 5.43. The zero-order chi connectivity index (χ0) is 21.6. The van der Waals surface area contributed by atoms with E-state index in [1.807, 2.05) is 13.0 Å². The van der Waals surface area contributed by atoms with Crippen LogP contribution in [0.1, 0.15) is 36.5 Å². The highest BCUT2D eigenvalue weighted by Gasteiger charge is 2.20. The van der Waals surface area contributed by atoms with Gasteiger partial charge in [0.15, 0.2) is 11.5 Å². The number of benzene rings is 2. The minimum absolute atomic E-state index is 0.133. The minimum Gasteiger partial charge on any atom is -0.493 e. The average Bonchev–Trinajstić information content (AvgIpc) is 2.97. The summed E-state index contributed by atoms with van der Waals surface area (Å²) in [5.74, 6) is 2.55. The van der Waals surface area contributed by atoms with Crippen LogP contribution < -0.4 is 14.2 Å². The molecule has 2 aliphatic heterocycles. The normalized spacial score (nSPS) is 18.2. The summed E-state index contributed by atoms with van der Waals surface area (Å²) < 4.78 is 17.2. The van der Waals surface area contributed by atoms with E-state index in [4.69, 9.17) is 14.2 Å². The van der Waals surface area contributed by atoms with Crippen LogP contribution in [0.4, 0.5) is 0 Å². The number of likely N-dealkylation sites (tertiary alicyclic amines) is 1. The van der Waals surface area contributed by atoms with Crippen LogP contribution >= 0.6 is 0 Å². The largest absolute Gasteiger partial charge is 0.493 e. The Kier molecular flexibility index (Phi) is 7.33. The van der Waals surface area contributed by atoms with Crippen molar-refractivity contribution in [3.05, 3.63) is 53.1 Å². The van der Waals surface area contributed by atoms with Gasteiger partial charge in [-0.15, -0.1) is 0 Å². The average molecular weight is 427 g/mol. The van der Waals surface area contributed by atoms with E-state index in [1.165, 1.54) is 16.7 Å². The number of aliphatic hydroxyl groups excluding tert-OH is 1. The van der Waals surface area contributed by atoms with Crippen LogP contribution in [0.15, 0.2) is 36.4 Å². The third-order valence-corrected chi connectivity index (χ3v) is 6.08. The number of methoxy groups -OCH3 is 1. The maximum atomic E-state index is 9.75. The molecule has 0 unspecified atom stereocenters. The van der Waals surface area contributed by atoms with Crippen molar-refractivity contribution in [2.75, 3.05) is 40.0 Å². The second kappa shape index (κ2) is 10.4. The van der Waals surface area contributed by atoms with Crippen LogP contribution in [0.3, 0.4) is 0 Å². The van der Waals surface area contributed by atoms with E-state index in [0.717, 1.165) is 69.4 Å². The first kappa shape index (κ1) is 21.9. The summed E-state index contributed by atoms with van der Waals surface area (Å²) in [6.07, 6.45) is 1.60. The fourth-order valence-corrected chi connectivity index (χ4v) is 4.42. The van der Waals surface area contributed by atoms with E-state index in [1.54, 1.807) is 7.11 Å². The molecule has 4 rings (SSSR count). The monoisotopic (exact) mass is 426 g/mol. The van der Waals surface area contributed by atoms with Gasteiger partial charge in [-0.25, -0.2) is 0 Å². The molecule has 2 heterocycles. The van der Waals surface area contributed by atoms with E-state index >= 15 is 0 Å². The van der Waals surface area contributed by atoms with E-state index in [0.29, 0.717) is 13.2 Å². The van der Waals surface area contributed by atoms with Gasteiger partial charge in [0, 0.05) is 44.8 Å². The fraction of sp³-hybridized carbons (Fsp3) is 0.520. The second-order valence-corrected chi connectivity index (χ2v) is 8.43. The quantitative estimate of drug-likeness (QED) is 0.732. The first-order chi connectivity index (χ1) is 15.1. The van der Waals surface area contributed by atoms with Crippen LogP contribution in [0.5, 0.6) is 17.2 Å². The number of rotatable bonds is 7. The topological polar surface area (TPSA) is 54.4 Å². The molecule has 2 aliphatic rings. The van der Waals surface area contributed by atoms with Gasteiger partial charge in [0.2, 0.25) is 0 Å². The molecule has 0 amide bonds. The summed E-state index contributed by atoms with van der Waals surface area (Å²) in [6, 6.07) is 12.8. The van der Waals surface area contributed by atoms with Gasteiger partial charge in [-0.3, -0.25) is 9.80 Å². The molecule has 2 aromatic rings. The SMILES string of the molecule is CCOc1cc(CN2CCOc3ccc(CN4CCC(O)CC4)cc3C2)ccc1OC. The number of ether oxygens (including phenoxy) is 3. The van der Waals surface area contributed by atoms with E-state index in [9.17, 15) is 5.11 Å². The Morgan fingerprint density at radius 3 is 2.48 bits per heavy atom. The van der Waals surface area contributed by atoms with Gasteiger partial charge in [0.25, 0.3) is 0 Å². The van der Waals surface area contributed by atoms with Gasteiger partial charge in [-0.2, -0.15) is 0 Å². The molecular weight excluding hydrogens is 392 g/mol. The number of hydrogen-bond donors (Lipinski definition) is 1. The van der Waals surface area contributed by atoms with E-state index in [2.05, 4.69) is 40.1 Å². The lowest BCUT2D eigenvalue weighted by atomic mass is 10.0. The molecule has 0 radical (unpaired) electrons. The predicted molar refractivity (Wildman–Crippen MR) is 121 cm³/mol. The molecule has 0 aliphatic carbocycles. The zero-order valence-corrected chi connectivity index (χ0v) is 18.7. The van der Waals surface area contributed by atoms with E-state index < -0.39 is 0 Å². The smallest absolute Gasteiger partial charge is 0.161 e. The minimum atomic E-state index is -0.133. The Morgan fingerprint density at radius 2 is 1.71 bits per heavy atom. The molecule has 0 saturated carbocycles. The number of aliphatic hydroxyl groups is 1. The maximum absolute atomic E-state index is 9.75. The number of fused-ring (bicyclic) bond motifs is 1. The summed E-state index contributed by atoms with van der Waals surface area (Å²) in [5, 5.41) is 9.75. The van der Waals surface area contributed by atoms with Crippen molar-refractivity contribution >= 4 is 0 Å². The van der Waals surface area contributed by atoms with Gasteiger partial charge < -0.3 is 19.3 Å². The number of hydrogen-bond acceptors (Lipinski definition) is 6. The molecule has 2 aromatic carbocycles. The third-order valence-electron chi connectivity index (χ3n) is 6.08. The molecule has 1 fully saturated rings. The Balaban J connectivity index is 1.44. The Labute approximate surface area is 185 Å². The lowest BCUT2D eigenvalue weighted by molar-refractivity contribution is 0.0792. The molecule has 6 nitrogen and oxygen atoms in total. The molecule has 0 spiro atoms. The molecule has 168 valence electrons. The fourth-order valence-electron chi connectivity index (χ4n) is 4.42.